The van der Waals surface area contributed by atoms with Gasteiger partial charge in [-0.1, -0.05) is 0 Å². The molecule has 0 atom stereocenters. The Morgan fingerprint density at radius 2 is 2.29 bits per heavy atom. The minimum absolute atomic E-state index is 0.541. The van der Waals surface area contributed by atoms with E-state index in [1.807, 2.05) is 11.3 Å². The predicted octanol–water partition coefficient (Wildman–Crippen LogP) is 3.73. The standard InChI is InChI=1S/C13H20BrNOS/c1-10-12(14)7-11(17-10)8-15-9-13(3-4-13)5-6-16-2/h7,15H,3-6,8-9H2,1-2H3. The number of nitrogens with one attached hydrogen (secondary N) is 1. The first kappa shape index (κ1) is 13.5. The molecule has 0 amide bonds. The maximum absolute atomic E-state index is 5.17. The van der Waals surface area contributed by atoms with Crippen molar-refractivity contribution in [3.05, 3.63) is 20.3 Å². The second kappa shape index (κ2) is 5.83. The minimum Gasteiger partial charge on any atom is -0.385 e. The Balaban J connectivity index is 1.72. The summed E-state index contributed by atoms with van der Waals surface area (Å²) in [4.78, 5) is 2.78. The van der Waals surface area contributed by atoms with Crippen molar-refractivity contribution in [1.29, 1.82) is 0 Å². The highest BCUT2D eigenvalue weighted by Crippen LogP contribution is 2.48. The molecule has 1 aromatic rings. The van der Waals surface area contributed by atoms with Crippen LogP contribution in [0.4, 0.5) is 0 Å². The maximum atomic E-state index is 5.17. The average molecular weight is 318 g/mol. The van der Waals surface area contributed by atoms with Crippen LogP contribution in [0.25, 0.3) is 0 Å². The molecule has 1 aliphatic rings. The Labute approximate surface area is 116 Å². The average Bonchev–Trinajstić information content (AvgIpc) is 2.99. The van der Waals surface area contributed by atoms with Crippen LogP contribution in [0, 0.1) is 12.3 Å². The fourth-order valence-electron chi connectivity index (χ4n) is 2.07. The van der Waals surface area contributed by atoms with E-state index in [0.29, 0.717) is 5.41 Å². The highest BCUT2D eigenvalue weighted by molar-refractivity contribution is 9.10. The summed E-state index contributed by atoms with van der Waals surface area (Å²) >= 11 is 5.43. The first-order chi connectivity index (χ1) is 8.15. The molecule has 1 N–H and O–H groups in total. The van der Waals surface area contributed by atoms with Crippen molar-refractivity contribution in [1.82, 2.24) is 5.32 Å². The van der Waals surface area contributed by atoms with Gasteiger partial charge in [-0.05, 0) is 53.6 Å². The maximum Gasteiger partial charge on any atom is 0.0468 e. The van der Waals surface area contributed by atoms with Crippen molar-refractivity contribution in [2.75, 3.05) is 20.3 Å². The molecule has 2 nitrogen and oxygen atoms in total. The lowest BCUT2D eigenvalue weighted by atomic mass is 10.0. The van der Waals surface area contributed by atoms with E-state index < -0.39 is 0 Å². The van der Waals surface area contributed by atoms with Gasteiger partial charge in [0.25, 0.3) is 0 Å². The summed E-state index contributed by atoms with van der Waals surface area (Å²) in [5.41, 5.74) is 0.541. The van der Waals surface area contributed by atoms with Gasteiger partial charge in [0.15, 0.2) is 0 Å². The summed E-state index contributed by atoms with van der Waals surface area (Å²) in [6.07, 6.45) is 3.91. The van der Waals surface area contributed by atoms with Crippen molar-refractivity contribution < 1.29 is 4.74 Å². The number of hydrogen-bond acceptors (Lipinski definition) is 3. The van der Waals surface area contributed by atoms with Crippen LogP contribution in [0.1, 0.15) is 29.0 Å². The minimum atomic E-state index is 0.541. The zero-order valence-corrected chi connectivity index (χ0v) is 12.9. The number of methoxy groups -OCH3 is 1. The van der Waals surface area contributed by atoms with Crippen LogP contribution in [0.15, 0.2) is 10.5 Å². The summed E-state index contributed by atoms with van der Waals surface area (Å²) in [5, 5.41) is 3.59. The molecule has 1 saturated carbocycles. The molecule has 0 unspecified atom stereocenters. The second-order valence-electron chi connectivity index (χ2n) is 4.96. The van der Waals surface area contributed by atoms with Gasteiger partial charge in [0.2, 0.25) is 0 Å². The molecule has 2 rings (SSSR count). The van der Waals surface area contributed by atoms with E-state index in [4.69, 9.17) is 4.74 Å². The third-order valence-electron chi connectivity index (χ3n) is 3.50. The van der Waals surface area contributed by atoms with Gasteiger partial charge in [-0.3, -0.25) is 0 Å². The van der Waals surface area contributed by atoms with Gasteiger partial charge < -0.3 is 10.1 Å². The van der Waals surface area contributed by atoms with E-state index in [0.717, 1.165) is 19.7 Å². The highest BCUT2D eigenvalue weighted by atomic mass is 79.9. The molecule has 0 bridgehead atoms. The zero-order chi connectivity index (χ0) is 12.3. The van der Waals surface area contributed by atoms with E-state index in [-0.39, 0.29) is 0 Å². The largest absolute Gasteiger partial charge is 0.385 e. The molecule has 0 aromatic carbocycles. The Kier molecular flexibility index (Phi) is 4.64. The molecule has 0 aliphatic heterocycles. The Morgan fingerprint density at radius 1 is 1.53 bits per heavy atom. The summed E-state index contributed by atoms with van der Waals surface area (Å²) in [6, 6.07) is 2.22. The van der Waals surface area contributed by atoms with Crippen molar-refractivity contribution in [3.8, 4) is 0 Å². The van der Waals surface area contributed by atoms with Crippen molar-refractivity contribution in [2.24, 2.45) is 5.41 Å². The molecule has 0 spiro atoms. The Hall–Kier alpha value is 0.1000. The fraction of sp³-hybridized carbons (Fsp3) is 0.692. The lowest BCUT2D eigenvalue weighted by molar-refractivity contribution is 0.171. The quantitative estimate of drug-likeness (QED) is 0.827. The molecule has 0 radical (unpaired) electrons. The summed E-state index contributed by atoms with van der Waals surface area (Å²) in [7, 11) is 1.79. The first-order valence-corrected chi connectivity index (χ1v) is 7.71. The van der Waals surface area contributed by atoms with Gasteiger partial charge in [0.05, 0.1) is 0 Å². The molecular weight excluding hydrogens is 298 g/mol. The third-order valence-corrected chi connectivity index (χ3v) is 5.64. The molecule has 1 aromatic heterocycles. The van der Waals surface area contributed by atoms with Crippen LogP contribution in [0.5, 0.6) is 0 Å². The summed E-state index contributed by atoms with van der Waals surface area (Å²) in [5.74, 6) is 0. The van der Waals surface area contributed by atoms with Gasteiger partial charge in [-0.15, -0.1) is 11.3 Å². The predicted molar refractivity (Wildman–Crippen MR) is 76.6 cm³/mol. The SMILES string of the molecule is COCCC1(CNCc2cc(Br)c(C)s2)CC1. The van der Waals surface area contributed by atoms with Crippen molar-refractivity contribution >= 4 is 27.3 Å². The van der Waals surface area contributed by atoms with E-state index >= 15 is 0 Å². The topological polar surface area (TPSA) is 21.3 Å². The molecule has 4 heteroatoms. The normalized spacial score (nSPS) is 17.4. The number of ether oxygens (including phenoxy) is 1. The second-order valence-corrected chi connectivity index (χ2v) is 7.16. The third kappa shape index (κ3) is 3.78. The number of thiophene rings is 1. The molecule has 1 heterocycles. The first-order valence-electron chi connectivity index (χ1n) is 6.10. The molecular formula is C13H20BrNOS. The monoisotopic (exact) mass is 317 g/mol. The van der Waals surface area contributed by atoms with Crippen LogP contribution >= 0.6 is 27.3 Å². The molecule has 1 fully saturated rings. The number of rotatable bonds is 7. The molecule has 17 heavy (non-hydrogen) atoms. The Bertz CT molecular complexity index is 354. The van der Waals surface area contributed by atoms with E-state index in [1.165, 1.54) is 33.5 Å². The molecule has 1 aliphatic carbocycles. The van der Waals surface area contributed by atoms with Gasteiger partial charge in [0, 0.05) is 41.0 Å². The summed E-state index contributed by atoms with van der Waals surface area (Å²) in [6.45, 7) is 5.17. The highest BCUT2D eigenvalue weighted by Gasteiger charge is 2.41. The van der Waals surface area contributed by atoms with Gasteiger partial charge in [0.1, 0.15) is 0 Å². The van der Waals surface area contributed by atoms with Crippen LogP contribution in [-0.4, -0.2) is 20.3 Å². The number of hydrogen-bond donors (Lipinski definition) is 1. The van der Waals surface area contributed by atoms with Crippen LogP contribution in [-0.2, 0) is 11.3 Å². The van der Waals surface area contributed by atoms with Gasteiger partial charge in [-0.25, -0.2) is 0 Å². The van der Waals surface area contributed by atoms with Crippen LogP contribution < -0.4 is 5.32 Å². The van der Waals surface area contributed by atoms with E-state index in [1.54, 1.807) is 7.11 Å². The van der Waals surface area contributed by atoms with E-state index in [9.17, 15) is 0 Å². The zero-order valence-electron chi connectivity index (χ0n) is 10.5. The molecule has 0 saturated heterocycles. The van der Waals surface area contributed by atoms with Gasteiger partial charge >= 0.3 is 0 Å². The molecule has 96 valence electrons. The number of halogens is 1. The lowest BCUT2D eigenvalue weighted by Gasteiger charge is -2.14. The summed E-state index contributed by atoms with van der Waals surface area (Å²) < 4.78 is 6.41. The van der Waals surface area contributed by atoms with Gasteiger partial charge in [-0.2, -0.15) is 0 Å². The van der Waals surface area contributed by atoms with Crippen LogP contribution in [0.3, 0.4) is 0 Å². The Morgan fingerprint density at radius 3 is 2.82 bits per heavy atom. The lowest BCUT2D eigenvalue weighted by Crippen LogP contribution is -2.24. The van der Waals surface area contributed by atoms with Crippen molar-refractivity contribution in [3.63, 3.8) is 0 Å². The smallest absolute Gasteiger partial charge is 0.0468 e. The fourth-order valence-corrected chi connectivity index (χ4v) is 3.64. The van der Waals surface area contributed by atoms with Crippen LogP contribution in [0.2, 0.25) is 0 Å². The van der Waals surface area contributed by atoms with Crippen molar-refractivity contribution in [2.45, 2.75) is 32.7 Å². The number of aryl methyl sites for hydroxylation is 1. The van der Waals surface area contributed by atoms with E-state index in [2.05, 4.69) is 34.2 Å².